The van der Waals surface area contributed by atoms with Crippen molar-refractivity contribution in [2.45, 2.75) is 79.8 Å². The molecule has 122 valence electrons. The number of aromatic nitrogens is 3. The molecule has 0 radical (unpaired) electrons. The van der Waals surface area contributed by atoms with E-state index >= 15 is 0 Å². The fourth-order valence-corrected chi connectivity index (χ4v) is 3.13. The van der Waals surface area contributed by atoms with E-state index in [1.165, 1.54) is 19.3 Å². The molecular weight excluding hydrogens is 260 g/mol. The molecule has 0 aromatic carbocycles. The van der Waals surface area contributed by atoms with Gasteiger partial charge in [-0.25, -0.2) is 4.98 Å². The van der Waals surface area contributed by atoms with Crippen molar-refractivity contribution in [2.24, 2.45) is 11.3 Å². The highest BCUT2D eigenvalue weighted by atomic mass is 15.3. The van der Waals surface area contributed by atoms with Crippen LogP contribution in [0, 0.1) is 11.3 Å². The lowest BCUT2D eigenvalue weighted by atomic mass is 9.82. The fraction of sp³-hybridized carbons (Fsp3) is 0.882. The predicted octanol–water partition coefficient (Wildman–Crippen LogP) is 3.67. The highest BCUT2D eigenvalue weighted by Gasteiger charge is 2.20. The number of rotatable bonds is 9. The topological polar surface area (TPSA) is 42.7 Å². The monoisotopic (exact) mass is 294 g/mol. The number of nitrogens with one attached hydrogen (secondary N) is 1. The van der Waals surface area contributed by atoms with Gasteiger partial charge in [0.1, 0.15) is 12.2 Å². The van der Waals surface area contributed by atoms with Crippen LogP contribution >= 0.6 is 0 Å². The van der Waals surface area contributed by atoms with Crippen molar-refractivity contribution in [3.8, 4) is 0 Å². The van der Waals surface area contributed by atoms with Crippen LogP contribution in [-0.2, 0) is 13.0 Å². The molecule has 0 bridgehead atoms. The normalized spacial score (nSPS) is 15.1. The molecule has 21 heavy (non-hydrogen) atoms. The Labute approximate surface area is 130 Å². The van der Waals surface area contributed by atoms with Crippen molar-refractivity contribution >= 4 is 0 Å². The number of hydrogen-bond donors (Lipinski definition) is 1. The van der Waals surface area contributed by atoms with Gasteiger partial charge in [0.2, 0.25) is 0 Å². The summed E-state index contributed by atoms with van der Waals surface area (Å²) < 4.78 is 2.01. The Hall–Kier alpha value is -0.900. The summed E-state index contributed by atoms with van der Waals surface area (Å²) in [5, 5.41) is 7.98. The van der Waals surface area contributed by atoms with E-state index in [9.17, 15) is 0 Å². The van der Waals surface area contributed by atoms with Gasteiger partial charge in [-0.15, -0.1) is 0 Å². The second-order valence-corrected chi connectivity index (χ2v) is 7.45. The van der Waals surface area contributed by atoms with E-state index in [4.69, 9.17) is 0 Å². The Kier molecular flexibility index (Phi) is 7.36. The van der Waals surface area contributed by atoms with E-state index in [1.807, 2.05) is 4.68 Å². The smallest absolute Gasteiger partial charge is 0.138 e. The Morgan fingerprint density at radius 3 is 2.57 bits per heavy atom. The molecule has 0 saturated carbocycles. The first-order valence-corrected chi connectivity index (χ1v) is 8.45. The molecule has 1 N–H and O–H groups in total. The zero-order valence-electron chi connectivity index (χ0n) is 14.8. The minimum absolute atomic E-state index is 0.401. The molecule has 0 aliphatic heterocycles. The van der Waals surface area contributed by atoms with Crippen LogP contribution in [0.3, 0.4) is 0 Å². The third-order valence-corrected chi connectivity index (χ3v) is 3.75. The molecule has 2 atom stereocenters. The molecule has 1 aromatic rings. The first kappa shape index (κ1) is 18.1. The number of aryl methyl sites for hydroxylation is 1. The summed E-state index contributed by atoms with van der Waals surface area (Å²) in [6, 6.07) is 0.497. The molecule has 1 rings (SSSR count). The van der Waals surface area contributed by atoms with Gasteiger partial charge in [0.25, 0.3) is 0 Å². The predicted molar refractivity (Wildman–Crippen MR) is 89.3 cm³/mol. The zero-order chi connectivity index (χ0) is 15.9. The Morgan fingerprint density at radius 2 is 2.00 bits per heavy atom. The molecule has 0 saturated heterocycles. The van der Waals surface area contributed by atoms with Crippen molar-refractivity contribution in [3.05, 3.63) is 12.2 Å². The average Bonchev–Trinajstić information content (AvgIpc) is 2.80. The van der Waals surface area contributed by atoms with Crippen LogP contribution in [0.5, 0.6) is 0 Å². The molecule has 0 spiro atoms. The number of hydrogen-bond acceptors (Lipinski definition) is 3. The lowest BCUT2D eigenvalue weighted by Gasteiger charge is -2.27. The molecule has 0 aliphatic carbocycles. The number of nitrogens with zero attached hydrogens (tertiary/aromatic N) is 3. The largest absolute Gasteiger partial charge is 0.314 e. The van der Waals surface area contributed by atoms with Crippen LogP contribution < -0.4 is 5.32 Å². The van der Waals surface area contributed by atoms with Crippen LogP contribution in [0.1, 0.15) is 66.6 Å². The summed E-state index contributed by atoms with van der Waals surface area (Å²) in [5.41, 5.74) is 0.401. The lowest BCUT2D eigenvalue weighted by molar-refractivity contribution is 0.272. The van der Waals surface area contributed by atoms with Gasteiger partial charge in [0, 0.05) is 19.0 Å². The van der Waals surface area contributed by atoms with Crippen molar-refractivity contribution in [2.75, 3.05) is 6.54 Å². The van der Waals surface area contributed by atoms with Gasteiger partial charge >= 0.3 is 0 Å². The standard InChI is InChI=1S/C17H34N4/c1-7-9-18-15(10-14(3)12-17(4,5)6)11-16-19-13-20-21(16)8-2/h13-15,18H,7-12H2,1-6H3. The van der Waals surface area contributed by atoms with Gasteiger partial charge in [-0.1, -0.05) is 34.6 Å². The molecule has 4 nitrogen and oxygen atoms in total. The highest BCUT2D eigenvalue weighted by Crippen LogP contribution is 2.27. The van der Waals surface area contributed by atoms with Gasteiger partial charge in [-0.05, 0) is 44.1 Å². The van der Waals surface area contributed by atoms with E-state index in [2.05, 4.69) is 56.9 Å². The molecule has 1 aromatic heterocycles. The van der Waals surface area contributed by atoms with E-state index in [1.54, 1.807) is 6.33 Å². The van der Waals surface area contributed by atoms with Crippen molar-refractivity contribution < 1.29 is 0 Å². The van der Waals surface area contributed by atoms with E-state index in [-0.39, 0.29) is 0 Å². The molecule has 0 fully saturated rings. The van der Waals surface area contributed by atoms with Crippen molar-refractivity contribution in [3.63, 3.8) is 0 Å². The SMILES string of the molecule is CCCNC(Cc1ncnn1CC)CC(C)CC(C)(C)C. The first-order chi connectivity index (χ1) is 9.85. The van der Waals surface area contributed by atoms with Gasteiger partial charge in [0.15, 0.2) is 0 Å². The van der Waals surface area contributed by atoms with Crippen molar-refractivity contribution in [1.29, 1.82) is 0 Å². The maximum atomic E-state index is 4.43. The maximum absolute atomic E-state index is 4.43. The molecule has 0 amide bonds. The summed E-state index contributed by atoms with van der Waals surface area (Å²) >= 11 is 0. The minimum Gasteiger partial charge on any atom is -0.314 e. The second-order valence-electron chi connectivity index (χ2n) is 7.45. The maximum Gasteiger partial charge on any atom is 0.138 e. The van der Waals surface area contributed by atoms with Crippen LogP contribution in [0.25, 0.3) is 0 Å². The van der Waals surface area contributed by atoms with Gasteiger partial charge in [-0.2, -0.15) is 5.10 Å². The molecule has 2 unspecified atom stereocenters. The summed E-state index contributed by atoms with van der Waals surface area (Å²) in [6.45, 7) is 15.7. The Morgan fingerprint density at radius 1 is 1.29 bits per heavy atom. The summed E-state index contributed by atoms with van der Waals surface area (Å²) in [5.74, 6) is 1.83. The summed E-state index contributed by atoms with van der Waals surface area (Å²) in [6.07, 6.45) is 6.28. The zero-order valence-corrected chi connectivity index (χ0v) is 14.8. The van der Waals surface area contributed by atoms with Gasteiger partial charge in [0.05, 0.1) is 0 Å². The van der Waals surface area contributed by atoms with Gasteiger partial charge in [-0.3, -0.25) is 4.68 Å². The van der Waals surface area contributed by atoms with E-state index in [0.717, 1.165) is 31.3 Å². The van der Waals surface area contributed by atoms with Crippen LogP contribution in [0.4, 0.5) is 0 Å². The third-order valence-electron chi connectivity index (χ3n) is 3.75. The van der Waals surface area contributed by atoms with E-state index < -0.39 is 0 Å². The van der Waals surface area contributed by atoms with E-state index in [0.29, 0.717) is 11.5 Å². The molecule has 0 aliphatic rings. The van der Waals surface area contributed by atoms with Crippen LogP contribution in [0.15, 0.2) is 6.33 Å². The fourth-order valence-electron chi connectivity index (χ4n) is 3.13. The Bertz CT molecular complexity index is 392. The Balaban J connectivity index is 2.62. The highest BCUT2D eigenvalue weighted by molar-refractivity contribution is 4.90. The summed E-state index contributed by atoms with van der Waals surface area (Å²) in [7, 11) is 0. The van der Waals surface area contributed by atoms with Crippen molar-refractivity contribution in [1.82, 2.24) is 20.1 Å². The minimum atomic E-state index is 0.401. The molecular formula is C17H34N4. The first-order valence-electron chi connectivity index (χ1n) is 8.45. The molecule has 1 heterocycles. The van der Waals surface area contributed by atoms with Gasteiger partial charge < -0.3 is 5.32 Å². The summed E-state index contributed by atoms with van der Waals surface area (Å²) in [4.78, 5) is 4.43. The molecule has 4 heteroatoms. The third kappa shape index (κ3) is 7.07. The lowest BCUT2D eigenvalue weighted by Crippen LogP contribution is -2.35. The quantitative estimate of drug-likeness (QED) is 0.755. The van der Waals surface area contributed by atoms with Crippen LogP contribution in [0.2, 0.25) is 0 Å². The second kappa shape index (κ2) is 8.52. The van der Waals surface area contributed by atoms with Crippen LogP contribution in [-0.4, -0.2) is 27.4 Å². The average molecular weight is 294 g/mol.